The Morgan fingerprint density at radius 2 is 2.14 bits per heavy atom. The van der Waals surface area contributed by atoms with Gasteiger partial charge < -0.3 is 11.5 Å². The van der Waals surface area contributed by atoms with Crippen LogP contribution in [0, 0.1) is 0 Å². The highest BCUT2D eigenvalue weighted by atomic mass is 35.5. The third kappa shape index (κ3) is 2.70. The van der Waals surface area contributed by atoms with E-state index in [1.807, 2.05) is 18.2 Å². The van der Waals surface area contributed by atoms with E-state index in [-0.39, 0.29) is 5.96 Å². The van der Waals surface area contributed by atoms with Crippen LogP contribution in [-0.2, 0) is 0 Å². The molecule has 5 heteroatoms. The summed E-state index contributed by atoms with van der Waals surface area (Å²) in [5.41, 5.74) is 15.5. The molecule has 0 amide bonds. The van der Waals surface area contributed by atoms with Gasteiger partial charge >= 0.3 is 0 Å². The molecule has 0 radical (unpaired) electrons. The molecule has 0 unspecified atom stereocenters. The number of benzene rings is 1. The van der Waals surface area contributed by atoms with Gasteiger partial charge in [-0.2, -0.15) is 0 Å². The molecule has 2 aromatic rings. The van der Waals surface area contributed by atoms with Crippen molar-refractivity contribution in [3.05, 3.63) is 53.2 Å². The minimum atomic E-state index is -0.00644. The molecule has 0 saturated carbocycles. The van der Waals surface area contributed by atoms with Crippen molar-refractivity contribution in [3.63, 3.8) is 0 Å². The van der Waals surface area contributed by atoms with Gasteiger partial charge in [0.1, 0.15) is 0 Å². The molecule has 4 nitrogen and oxygen atoms in total. The number of rotatable bonds is 3. The normalized spacial score (nSPS) is 14.0. The molecule has 0 atom stereocenters. The summed E-state index contributed by atoms with van der Waals surface area (Å²) in [7, 11) is 0. The second-order valence-corrected chi connectivity index (χ2v) is 5.73. The third-order valence-electron chi connectivity index (χ3n) is 3.78. The van der Waals surface area contributed by atoms with E-state index >= 15 is 0 Å². The van der Waals surface area contributed by atoms with E-state index in [4.69, 9.17) is 23.1 Å². The van der Waals surface area contributed by atoms with Crippen molar-refractivity contribution in [2.75, 3.05) is 0 Å². The second-order valence-electron chi connectivity index (χ2n) is 5.32. The van der Waals surface area contributed by atoms with E-state index in [0.29, 0.717) is 10.7 Å². The van der Waals surface area contributed by atoms with Gasteiger partial charge in [-0.25, -0.2) is 4.99 Å². The number of hydrogen-bond donors (Lipinski definition) is 2. The maximum absolute atomic E-state index is 6.41. The summed E-state index contributed by atoms with van der Waals surface area (Å²) in [5, 5.41) is 1.68. The topological polar surface area (TPSA) is 77.3 Å². The van der Waals surface area contributed by atoms with Crippen molar-refractivity contribution in [2.45, 2.75) is 19.3 Å². The van der Waals surface area contributed by atoms with Gasteiger partial charge in [-0.3, -0.25) is 4.98 Å². The molecule has 0 saturated heterocycles. The molecular weight excluding hydrogens is 296 g/mol. The quantitative estimate of drug-likeness (QED) is 0.670. The van der Waals surface area contributed by atoms with Crippen LogP contribution in [-0.4, -0.2) is 10.9 Å². The van der Waals surface area contributed by atoms with E-state index < -0.39 is 0 Å². The summed E-state index contributed by atoms with van der Waals surface area (Å²) in [4.78, 5) is 8.41. The number of guanidine groups is 1. The summed E-state index contributed by atoms with van der Waals surface area (Å²) in [5.74, 6) is -0.00644. The molecule has 3 rings (SSSR count). The van der Waals surface area contributed by atoms with Crippen molar-refractivity contribution in [1.29, 1.82) is 0 Å². The predicted molar refractivity (Wildman–Crippen MR) is 93.4 cm³/mol. The zero-order chi connectivity index (χ0) is 15.7. The van der Waals surface area contributed by atoms with Gasteiger partial charge in [-0.05, 0) is 37.0 Å². The van der Waals surface area contributed by atoms with Gasteiger partial charge in [0.25, 0.3) is 0 Å². The maximum atomic E-state index is 6.41. The fourth-order valence-electron chi connectivity index (χ4n) is 2.79. The number of aliphatic imine (C=N–C) groups is 1. The van der Waals surface area contributed by atoms with Gasteiger partial charge in [-0.15, -0.1) is 0 Å². The van der Waals surface area contributed by atoms with E-state index in [2.05, 4.69) is 22.6 Å². The van der Waals surface area contributed by atoms with Crippen LogP contribution in [0.1, 0.15) is 30.4 Å². The minimum absolute atomic E-state index is 0.00644. The fourth-order valence-corrected chi connectivity index (χ4v) is 3.06. The Balaban J connectivity index is 2.19. The molecule has 112 valence electrons. The number of aromatic nitrogens is 1. The summed E-state index contributed by atoms with van der Waals surface area (Å²) < 4.78 is 0. The molecule has 0 aliphatic heterocycles. The van der Waals surface area contributed by atoms with Gasteiger partial charge in [0.2, 0.25) is 0 Å². The minimum Gasteiger partial charge on any atom is -0.370 e. The number of halogens is 1. The number of fused-ring (bicyclic) bond motifs is 1. The molecule has 0 fully saturated rings. The smallest absolute Gasteiger partial charge is 0.191 e. The average Bonchev–Trinajstić information content (AvgIpc) is 2.99. The summed E-state index contributed by atoms with van der Waals surface area (Å²) in [6, 6.07) is 5.84. The maximum Gasteiger partial charge on any atom is 0.191 e. The first-order valence-corrected chi connectivity index (χ1v) is 7.50. The largest absolute Gasteiger partial charge is 0.370 e. The number of pyridine rings is 1. The van der Waals surface area contributed by atoms with Crippen LogP contribution in [0.15, 0.2) is 42.0 Å². The fraction of sp³-hybridized carbons (Fsp3) is 0.176. The number of hydrogen-bond acceptors (Lipinski definition) is 2. The highest BCUT2D eigenvalue weighted by Gasteiger charge is 2.15. The number of nitrogens with zero attached hydrogens (tertiary/aromatic N) is 2. The predicted octanol–water partition coefficient (Wildman–Crippen LogP) is 3.70. The van der Waals surface area contributed by atoms with E-state index in [9.17, 15) is 0 Å². The first-order chi connectivity index (χ1) is 10.6. The SMILES string of the molecule is C=C(N=C(N)N)c1ccc2ncc(Cl)c(C3=CCCC3)c2c1. The van der Waals surface area contributed by atoms with Crippen molar-refractivity contribution in [1.82, 2.24) is 4.98 Å². The lowest BCUT2D eigenvalue weighted by molar-refractivity contribution is 0.935. The molecule has 1 aromatic heterocycles. The van der Waals surface area contributed by atoms with Crippen LogP contribution in [0.25, 0.3) is 22.2 Å². The van der Waals surface area contributed by atoms with Crippen LogP contribution in [0.3, 0.4) is 0 Å². The van der Waals surface area contributed by atoms with Gasteiger partial charge in [0.15, 0.2) is 5.96 Å². The Morgan fingerprint density at radius 1 is 1.32 bits per heavy atom. The molecule has 1 heterocycles. The first kappa shape index (κ1) is 14.6. The number of nitrogens with two attached hydrogens (primary N) is 2. The van der Waals surface area contributed by atoms with Crippen LogP contribution < -0.4 is 11.5 Å². The first-order valence-electron chi connectivity index (χ1n) is 7.13. The van der Waals surface area contributed by atoms with Crippen molar-refractivity contribution in [2.24, 2.45) is 16.5 Å². The zero-order valence-electron chi connectivity index (χ0n) is 12.1. The Morgan fingerprint density at radius 3 is 2.82 bits per heavy atom. The molecule has 1 aromatic carbocycles. The Labute approximate surface area is 134 Å². The zero-order valence-corrected chi connectivity index (χ0v) is 12.9. The van der Waals surface area contributed by atoms with E-state index in [0.717, 1.165) is 41.3 Å². The molecule has 1 aliphatic carbocycles. The number of allylic oxidation sites excluding steroid dienone is 2. The van der Waals surface area contributed by atoms with E-state index in [1.165, 1.54) is 5.57 Å². The van der Waals surface area contributed by atoms with Gasteiger partial charge in [0.05, 0.1) is 16.2 Å². The van der Waals surface area contributed by atoms with Crippen LogP contribution in [0.5, 0.6) is 0 Å². The molecular formula is C17H17ClN4. The second kappa shape index (κ2) is 5.81. The Kier molecular flexibility index (Phi) is 3.86. The van der Waals surface area contributed by atoms with Crippen LogP contribution in [0.4, 0.5) is 0 Å². The molecule has 4 N–H and O–H groups in total. The van der Waals surface area contributed by atoms with Crippen molar-refractivity contribution in [3.8, 4) is 0 Å². The molecule has 0 bridgehead atoms. The standard InChI is InChI=1S/C17H17ClN4/c1-10(22-17(19)20)12-6-7-15-13(8-12)16(14(18)9-21-15)11-4-2-3-5-11/h4,6-9H,1-3,5H2,(H4,19,20,22). The lowest BCUT2D eigenvalue weighted by atomic mass is 9.98. The van der Waals surface area contributed by atoms with Crippen molar-refractivity contribution >= 4 is 39.7 Å². The monoisotopic (exact) mass is 312 g/mol. The van der Waals surface area contributed by atoms with Gasteiger partial charge in [-0.1, -0.05) is 30.3 Å². The Bertz CT molecular complexity index is 817. The third-order valence-corrected chi connectivity index (χ3v) is 4.07. The Hall–Kier alpha value is -2.33. The highest BCUT2D eigenvalue weighted by Crippen LogP contribution is 2.37. The lowest BCUT2D eigenvalue weighted by Gasteiger charge is -2.11. The van der Waals surface area contributed by atoms with Crippen LogP contribution >= 0.6 is 11.6 Å². The molecule has 22 heavy (non-hydrogen) atoms. The summed E-state index contributed by atoms with van der Waals surface area (Å²) in [6.07, 6.45) is 7.25. The van der Waals surface area contributed by atoms with Gasteiger partial charge in [0, 0.05) is 22.7 Å². The summed E-state index contributed by atoms with van der Waals surface area (Å²) in [6.45, 7) is 3.91. The summed E-state index contributed by atoms with van der Waals surface area (Å²) >= 11 is 6.41. The lowest BCUT2D eigenvalue weighted by Crippen LogP contribution is -2.22. The van der Waals surface area contributed by atoms with Crippen molar-refractivity contribution < 1.29 is 0 Å². The van der Waals surface area contributed by atoms with E-state index in [1.54, 1.807) is 6.20 Å². The molecule has 0 spiro atoms. The average molecular weight is 313 g/mol. The highest BCUT2D eigenvalue weighted by molar-refractivity contribution is 6.33. The van der Waals surface area contributed by atoms with Crippen LogP contribution in [0.2, 0.25) is 5.02 Å². The molecule has 1 aliphatic rings.